The average Bonchev–Trinajstić information content (AvgIpc) is 2.63. The summed E-state index contributed by atoms with van der Waals surface area (Å²) in [6, 6.07) is 14.9. The number of carboxylic acids is 1. The number of nitrogens with zero attached hydrogens (tertiary/aromatic N) is 1. The highest BCUT2D eigenvalue weighted by Crippen LogP contribution is 2.30. The minimum Gasteiger partial charge on any atom is -0.480 e. The van der Waals surface area contributed by atoms with Crippen LogP contribution in [-0.4, -0.2) is 35.0 Å². The van der Waals surface area contributed by atoms with Gasteiger partial charge in [-0.05, 0) is 35.2 Å². The van der Waals surface area contributed by atoms with Crippen molar-refractivity contribution in [2.45, 2.75) is 25.5 Å². The third-order valence-electron chi connectivity index (χ3n) is 4.42. The normalized spacial score (nSPS) is 16.0. The van der Waals surface area contributed by atoms with Crippen LogP contribution < -0.4 is 0 Å². The Morgan fingerprint density at radius 3 is 2.62 bits per heavy atom. The monoisotopic (exact) mass is 373 g/mol. The van der Waals surface area contributed by atoms with Crippen molar-refractivity contribution in [3.63, 3.8) is 0 Å². The van der Waals surface area contributed by atoms with Crippen LogP contribution >= 0.6 is 11.6 Å². The van der Waals surface area contributed by atoms with Gasteiger partial charge in [0.1, 0.15) is 6.54 Å². The third-order valence-corrected chi connectivity index (χ3v) is 4.67. The number of carbonyl (C=O) groups is 2. The van der Waals surface area contributed by atoms with Gasteiger partial charge in [-0.15, -0.1) is 0 Å². The average molecular weight is 374 g/mol. The number of carboxylic acid groups (broad SMARTS) is 1. The summed E-state index contributed by atoms with van der Waals surface area (Å²) in [5.74, 6) is -1.29. The molecule has 0 aliphatic carbocycles. The fraction of sp³-hybridized carbons (Fsp3) is 0.300. The Labute approximate surface area is 157 Å². The highest BCUT2D eigenvalue weighted by molar-refractivity contribution is 6.30. The predicted octanol–water partition coefficient (Wildman–Crippen LogP) is 3.46. The zero-order valence-electron chi connectivity index (χ0n) is 14.2. The fourth-order valence-electron chi connectivity index (χ4n) is 3.14. The molecule has 26 heavy (non-hydrogen) atoms. The van der Waals surface area contributed by atoms with Crippen molar-refractivity contribution in [2.75, 3.05) is 13.2 Å². The zero-order valence-corrected chi connectivity index (χ0v) is 15.0. The molecule has 0 bridgehead atoms. The number of ether oxygens (including phenoxy) is 1. The minimum absolute atomic E-state index is 0.123. The smallest absolute Gasteiger partial charge is 0.323 e. The highest BCUT2D eigenvalue weighted by Gasteiger charge is 2.26. The third kappa shape index (κ3) is 4.62. The molecular formula is C20H20ClNO4. The molecule has 0 saturated carbocycles. The molecule has 1 unspecified atom stereocenters. The number of rotatable bonds is 6. The van der Waals surface area contributed by atoms with E-state index in [2.05, 4.69) is 0 Å². The first-order valence-electron chi connectivity index (χ1n) is 8.46. The van der Waals surface area contributed by atoms with E-state index in [9.17, 15) is 14.7 Å². The molecule has 1 N–H and O–H groups in total. The van der Waals surface area contributed by atoms with Gasteiger partial charge in [0.15, 0.2) is 0 Å². The van der Waals surface area contributed by atoms with Crippen LogP contribution in [0.4, 0.5) is 0 Å². The molecule has 1 atom stereocenters. The first kappa shape index (κ1) is 18.4. The second-order valence-electron chi connectivity index (χ2n) is 6.28. The maximum Gasteiger partial charge on any atom is 0.323 e. The molecule has 0 saturated heterocycles. The first-order valence-corrected chi connectivity index (χ1v) is 8.84. The lowest BCUT2D eigenvalue weighted by molar-refractivity contribution is -0.146. The maximum absolute atomic E-state index is 12.8. The van der Waals surface area contributed by atoms with Crippen molar-refractivity contribution in [3.05, 3.63) is 70.2 Å². The van der Waals surface area contributed by atoms with Crippen LogP contribution in [-0.2, 0) is 27.3 Å². The van der Waals surface area contributed by atoms with Crippen molar-refractivity contribution in [3.8, 4) is 0 Å². The van der Waals surface area contributed by atoms with E-state index in [0.717, 1.165) is 17.5 Å². The fourth-order valence-corrected chi connectivity index (χ4v) is 3.27. The molecule has 0 spiro atoms. The second kappa shape index (κ2) is 8.34. The molecule has 1 aliphatic heterocycles. The van der Waals surface area contributed by atoms with Crippen LogP contribution in [0.1, 0.15) is 29.2 Å². The Hall–Kier alpha value is -2.37. The van der Waals surface area contributed by atoms with Gasteiger partial charge in [0.05, 0.1) is 19.1 Å². The van der Waals surface area contributed by atoms with Crippen molar-refractivity contribution >= 4 is 23.5 Å². The lowest BCUT2D eigenvalue weighted by Gasteiger charge is -2.28. The van der Waals surface area contributed by atoms with Crippen LogP contribution in [0.15, 0.2) is 48.5 Å². The quantitative estimate of drug-likeness (QED) is 0.842. The van der Waals surface area contributed by atoms with Gasteiger partial charge in [-0.25, -0.2) is 0 Å². The van der Waals surface area contributed by atoms with Crippen molar-refractivity contribution in [2.24, 2.45) is 0 Å². The van der Waals surface area contributed by atoms with Gasteiger partial charge in [-0.3, -0.25) is 9.59 Å². The van der Waals surface area contributed by atoms with Gasteiger partial charge < -0.3 is 14.7 Å². The largest absolute Gasteiger partial charge is 0.480 e. The van der Waals surface area contributed by atoms with Crippen LogP contribution in [0.3, 0.4) is 0 Å². The van der Waals surface area contributed by atoms with Crippen molar-refractivity contribution in [1.82, 2.24) is 4.90 Å². The number of fused-ring (bicyclic) bond motifs is 1. The van der Waals surface area contributed by atoms with E-state index >= 15 is 0 Å². The lowest BCUT2D eigenvalue weighted by Crippen LogP contribution is -2.36. The molecule has 136 valence electrons. The number of hydrogen-bond donors (Lipinski definition) is 1. The number of hydrogen-bond acceptors (Lipinski definition) is 3. The van der Waals surface area contributed by atoms with E-state index < -0.39 is 5.97 Å². The number of amides is 1. The summed E-state index contributed by atoms with van der Waals surface area (Å²) in [5, 5.41) is 9.77. The molecule has 1 aliphatic rings. The van der Waals surface area contributed by atoms with E-state index in [0.29, 0.717) is 11.6 Å². The minimum atomic E-state index is -1.04. The molecule has 2 aromatic carbocycles. The van der Waals surface area contributed by atoms with Gasteiger partial charge in [0.2, 0.25) is 5.91 Å². The summed E-state index contributed by atoms with van der Waals surface area (Å²) < 4.78 is 5.78. The molecular weight excluding hydrogens is 354 g/mol. The summed E-state index contributed by atoms with van der Waals surface area (Å²) in [7, 11) is 0. The molecule has 6 heteroatoms. The Morgan fingerprint density at radius 1 is 1.15 bits per heavy atom. The predicted molar refractivity (Wildman–Crippen MR) is 98.0 cm³/mol. The zero-order chi connectivity index (χ0) is 18.5. The summed E-state index contributed by atoms with van der Waals surface area (Å²) in [5.41, 5.74) is 3.02. The SMILES string of the molecule is O=C(O)CN(Cc1ccc(Cl)cc1)C(=O)CC1OCCc2ccccc21. The van der Waals surface area contributed by atoms with E-state index in [1.54, 1.807) is 24.3 Å². The van der Waals surface area contributed by atoms with Crippen molar-refractivity contribution < 1.29 is 19.4 Å². The molecule has 0 fully saturated rings. The van der Waals surface area contributed by atoms with Gasteiger partial charge in [0, 0.05) is 11.6 Å². The molecule has 2 aromatic rings. The van der Waals surface area contributed by atoms with Gasteiger partial charge in [-0.1, -0.05) is 48.0 Å². The summed E-state index contributed by atoms with van der Waals surface area (Å²) >= 11 is 5.88. The van der Waals surface area contributed by atoms with E-state index in [1.807, 2.05) is 24.3 Å². The van der Waals surface area contributed by atoms with E-state index in [1.165, 1.54) is 10.5 Å². The van der Waals surface area contributed by atoms with Crippen LogP contribution in [0.25, 0.3) is 0 Å². The highest BCUT2D eigenvalue weighted by atomic mass is 35.5. The molecule has 1 heterocycles. The molecule has 0 radical (unpaired) electrons. The summed E-state index contributed by atoms with van der Waals surface area (Å²) in [6.07, 6.45) is 0.608. The van der Waals surface area contributed by atoms with Crippen LogP contribution in [0.5, 0.6) is 0 Å². The van der Waals surface area contributed by atoms with Crippen LogP contribution in [0.2, 0.25) is 5.02 Å². The Morgan fingerprint density at radius 2 is 1.88 bits per heavy atom. The number of halogens is 1. The van der Waals surface area contributed by atoms with Gasteiger partial charge in [0.25, 0.3) is 0 Å². The van der Waals surface area contributed by atoms with Gasteiger partial charge in [-0.2, -0.15) is 0 Å². The Bertz CT molecular complexity index is 791. The molecule has 1 amide bonds. The molecule has 5 nitrogen and oxygen atoms in total. The second-order valence-corrected chi connectivity index (χ2v) is 6.72. The molecule has 0 aromatic heterocycles. The first-order chi connectivity index (χ1) is 12.5. The summed E-state index contributed by atoms with van der Waals surface area (Å²) in [4.78, 5) is 25.3. The topological polar surface area (TPSA) is 66.8 Å². The van der Waals surface area contributed by atoms with Crippen LogP contribution in [0, 0.1) is 0 Å². The lowest BCUT2D eigenvalue weighted by atomic mass is 9.95. The Balaban J connectivity index is 1.73. The Kier molecular flexibility index (Phi) is 5.91. The number of carbonyl (C=O) groups excluding carboxylic acids is 1. The summed E-state index contributed by atoms with van der Waals surface area (Å²) in [6.45, 7) is 0.428. The number of benzene rings is 2. The van der Waals surface area contributed by atoms with Gasteiger partial charge >= 0.3 is 5.97 Å². The maximum atomic E-state index is 12.8. The standard InChI is InChI=1S/C20H20ClNO4/c21-16-7-5-14(6-8-16)12-22(13-20(24)25)19(23)11-18-17-4-2-1-3-15(17)9-10-26-18/h1-8,18H,9-13H2,(H,24,25). The van der Waals surface area contributed by atoms with Crippen molar-refractivity contribution in [1.29, 1.82) is 0 Å². The van der Waals surface area contributed by atoms with E-state index in [-0.39, 0.29) is 31.5 Å². The number of aliphatic carboxylic acids is 1. The molecule has 3 rings (SSSR count). The van der Waals surface area contributed by atoms with E-state index in [4.69, 9.17) is 16.3 Å².